The fraction of sp³-hybridized carbons (Fsp3) is 0.250. The first-order valence-electron chi connectivity index (χ1n) is 3.63. The molecule has 0 bridgehead atoms. The van der Waals surface area contributed by atoms with Gasteiger partial charge in [-0.05, 0) is 13.0 Å². The Labute approximate surface area is 79.5 Å². The third-order valence-corrected chi connectivity index (χ3v) is 1.57. The second-order valence-electron chi connectivity index (χ2n) is 2.22. The van der Waals surface area contributed by atoms with Crippen molar-refractivity contribution in [2.45, 2.75) is 6.92 Å². The molecule has 1 aromatic rings. The second kappa shape index (κ2) is 4.18. The number of halogens is 2. The van der Waals surface area contributed by atoms with Crippen LogP contribution in [-0.4, -0.2) is 17.6 Å². The number of nitrogens with zero attached hydrogens (tertiary/aromatic N) is 1. The standard InChI is InChI=1S/C8H7ClFNO2/c1-2-13-8(12)5-3-6(9)7(10)11-4-5/h3-4H,2H2,1H3. The minimum absolute atomic E-state index is 0.147. The second-order valence-corrected chi connectivity index (χ2v) is 2.62. The average Bonchev–Trinajstić information content (AvgIpc) is 2.10. The zero-order chi connectivity index (χ0) is 9.84. The van der Waals surface area contributed by atoms with E-state index in [9.17, 15) is 9.18 Å². The predicted molar refractivity (Wildman–Crippen MR) is 45.2 cm³/mol. The molecule has 0 aliphatic rings. The Hall–Kier alpha value is -1.16. The van der Waals surface area contributed by atoms with E-state index in [1.165, 1.54) is 6.07 Å². The van der Waals surface area contributed by atoms with E-state index in [0.717, 1.165) is 6.20 Å². The van der Waals surface area contributed by atoms with Crippen molar-refractivity contribution in [1.82, 2.24) is 4.98 Å². The van der Waals surface area contributed by atoms with Crippen molar-refractivity contribution in [3.63, 3.8) is 0 Å². The molecule has 0 saturated heterocycles. The number of carbonyl (C=O) groups is 1. The maximum Gasteiger partial charge on any atom is 0.339 e. The Morgan fingerprint density at radius 1 is 1.77 bits per heavy atom. The van der Waals surface area contributed by atoms with E-state index in [-0.39, 0.29) is 17.2 Å². The topological polar surface area (TPSA) is 39.2 Å². The summed E-state index contributed by atoms with van der Waals surface area (Å²) in [4.78, 5) is 14.3. The summed E-state index contributed by atoms with van der Waals surface area (Å²) in [6, 6.07) is 1.18. The van der Waals surface area contributed by atoms with Gasteiger partial charge < -0.3 is 4.74 Å². The highest BCUT2D eigenvalue weighted by Crippen LogP contribution is 2.13. The molecule has 0 saturated carbocycles. The summed E-state index contributed by atoms with van der Waals surface area (Å²) in [6.07, 6.45) is 1.08. The molecule has 0 fully saturated rings. The molecule has 3 nitrogen and oxygen atoms in total. The van der Waals surface area contributed by atoms with Crippen LogP contribution in [0.4, 0.5) is 4.39 Å². The van der Waals surface area contributed by atoms with Crippen LogP contribution in [0.2, 0.25) is 5.02 Å². The summed E-state index contributed by atoms with van der Waals surface area (Å²) in [6.45, 7) is 1.93. The van der Waals surface area contributed by atoms with Crippen LogP contribution in [0.1, 0.15) is 17.3 Å². The van der Waals surface area contributed by atoms with Crippen LogP contribution in [0.5, 0.6) is 0 Å². The van der Waals surface area contributed by atoms with Crippen LogP contribution < -0.4 is 0 Å². The first-order valence-corrected chi connectivity index (χ1v) is 4.01. The van der Waals surface area contributed by atoms with E-state index in [2.05, 4.69) is 9.72 Å². The van der Waals surface area contributed by atoms with Gasteiger partial charge in [-0.3, -0.25) is 0 Å². The molecular formula is C8H7ClFNO2. The van der Waals surface area contributed by atoms with E-state index in [1.54, 1.807) is 6.92 Å². The maximum absolute atomic E-state index is 12.6. The summed E-state index contributed by atoms with van der Waals surface area (Å²) >= 11 is 5.41. The summed E-state index contributed by atoms with van der Waals surface area (Å²) in [5.41, 5.74) is 0.147. The molecule has 0 amide bonds. The van der Waals surface area contributed by atoms with E-state index >= 15 is 0 Å². The fourth-order valence-corrected chi connectivity index (χ4v) is 0.914. The van der Waals surface area contributed by atoms with Gasteiger partial charge in [0, 0.05) is 6.20 Å². The lowest BCUT2D eigenvalue weighted by atomic mass is 10.3. The normalized spacial score (nSPS) is 9.77. The van der Waals surface area contributed by atoms with Crippen LogP contribution in [-0.2, 0) is 4.74 Å². The number of rotatable bonds is 2. The summed E-state index contributed by atoms with van der Waals surface area (Å²) < 4.78 is 17.2. The molecule has 1 aromatic heterocycles. The van der Waals surface area contributed by atoms with Crippen LogP contribution in [0.15, 0.2) is 12.3 Å². The van der Waals surface area contributed by atoms with Crippen molar-refractivity contribution in [1.29, 1.82) is 0 Å². The number of hydrogen-bond acceptors (Lipinski definition) is 3. The van der Waals surface area contributed by atoms with Gasteiger partial charge in [0.05, 0.1) is 17.2 Å². The number of ether oxygens (including phenoxy) is 1. The van der Waals surface area contributed by atoms with Gasteiger partial charge in [-0.15, -0.1) is 0 Å². The lowest BCUT2D eigenvalue weighted by molar-refractivity contribution is 0.0526. The van der Waals surface area contributed by atoms with Crippen LogP contribution >= 0.6 is 11.6 Å². The van der Waals surface area contributed by atoms with Crippen molar-refractivity contribution in [3.8, 4) is 0 Å². The number of hydrogen-bond donors (Lipinski definition) is 0. The molecule has 1 rings (SSSR count). The van der Waals surface area contributed by atoms with Gasteiger partial charge >= 0.3 is 5.97 Å². The van der Waals surface area contributed by atoms with Gasteiger partial charge in [-0.1, -0.05) is 11.6 Å². The first kappa shape index (κ1) is 9.92. The summed E-state index contributed by atoms with van der Waals surface area (Å²) in [5.74, 6) is -1.35. The fourth-order valence-electron chi connectivity index (χ4n) is 0.747. The lowest BCUT2D eigenvalue weighted by Gasteiger charge is -2.01. The largest absolute Gasteiger partial charge is 0.462 e. The lowest BCUT2D eigenvalue weighted by Crippen LogP contribution is -2.05. The predicted octanol–water partition coefficient (Wildman–Crippen LogP) is 2.05. The number of pyridine rings is 1. The van der Waals surface area contributed by atoms with E-state index in [4.69, 9.17) is 11.6 Å². The van der Waals surface area contributed by atoms with Crippen molar-refractivity contribution in [2.75, 3.05) is 6.61 Å². The highest BCUT2D eigenvalue weighted by atomic mass is 35.5. The highest BCUT2D eigenvalue weighted by molar-refractivity contribution is 6.30. The molecule has 5 heteroatoms. The Balaban J connectivity index is 2.90. The Morgan fingerprint density at radius 2 is 2.46 bits per heavy atom. The van der Waals surface area contributed by atoms with Crippen molar-refractivity contribution < 1.29 is 13.9 Å². The SMILES string of the molecule is CCOC(=O)c1cnc(F)c(Cl)c1. The molecule has 0 atom stereocenters. The first-order chi connectivity index (χ1) is 6.15. The zero-order valence-electron chi connectivity index (χ0n) is 6.88. The van der Waals surface area contributed by atoms with Crippen LogP contribution in [0, 0.1) is 5.95 Å². The number of aromatic nitrogens is 1. The van der Waals surface area contributed by atoms with Gasteiger partial charge in [0.2, 0.25) is 5.95 Å². The van der Waals surface area contributed by atoms with E-state index in [1.807, 2.05) is 0 Å². The highest BCUT2D eigenvalue weighted by Gasteiger charge is 2.09. The van der Waals surface area contributed by atoms with E-state index in [0.29, 0.717) is 0 Å². The minimum atomic E-state index is -0.797. The quantitative estimate of drug-likeness (QED) is 0.546. The van der Waals surface area contributed by atoms with Crippen molar-refractivity contribution >= 4 is 17.6 Å². The van der Waals surface area contributed by atoms with Crippen molar-refractivity contribution in [2.24, 2.45) is 0 Å². The van der Waals surface area contributed by atoms with Gasteiger partial charge in [0.15, 0.2) is 0 Å². The molecule has 0 N–H and O–H groups in total. The van der Waals surface area contributed by atoms with Crippen molar-refractivity contribution in [3.05, 3.63) is 28.8 Å². The summed E-state index contributed by atoms with van der Waals surface area (Å²) in [5, 5.41) is -0.189. The molecule has 1 heterocycles. The van der Waals surface area contributed by atoms with Gasteiger partial charge in [-0.2, -0.15) is 4.39 Å². The molecule has 0 unspecified atom stereocenters. The third-order valence-electron chi connectivity index (χ3n) is 1.31. The smallest absolute Gasteiger partial charge is 0.339 e. The summed E-state index contributed by atoms with van der Waals surface area (Å²) in [7, 11) is 0. The molecule has 0 aliphatic heterocycles. The molecule has 70 valence electrons. The molecule has 0 radical (unpaired) electrons. The number of esters is 1. The van der Waals surface area contributed by atoms with E-state index < -0.39 is 11.9 Å². The van der Waals surface area contributed by atoms with Gasteiger partial charge in [0.25, 0.3) is 0 Å². The van der Waals surface area contributed by atoms with Gasteiger partial charge in [-0.25, -0.2) is 9.78 Å². The molecule has 0 aliphatic carbocycles. The zero-order valence-corrected chi connectivity index (χ0v) is 7.64. The molecule has 0 aromatic carbocycles. The number of carbonyl (C=O) groups excluding carboxylic acids is 1. The average molecular weight is 204 g/mol. The monoisotopic (exact) mass is 203 g/mol. The molecular weight excluding hydrogens is 197 g/mol. The maximum atomic E-state index is 12.6. The Bertz CT molecular complexity index is 330. The van der Waals surface area contributed by atoms with Crippen LogP contribution in [0.25, 0.3) is 0 Å². The Morgan fingerprint density at radius 3 is 3.00 bits per heavy atom. The van der Waals surface area contributed by atoms with Crippen LogP contribution in [0.3, 0.4) is 0 Å². The minimum Gasteiger partial charge on any atom is -0.462 e. The molecule has 13 heavy (non-hydrogen) atoms. The Kier molecular flexibility index (Phi) is 3.19. The van der Waals surface area contributed by atoms with Gasteiger partial charge in [0.1, 0.15) is 0 Å². The third kappa shape index (κ3) is 2.39. The molecule has 0 spiro atoms.